The first kappa shape index (κ1) is 35.2. The number of carbonyl (C=O) groups excluding carboxylic acids is 5. The maximum atomic E-state index is 13.2. The Labute approximate surface area is 254 Å². The summed E-state index contributed by atoms with van der Waals surface area (Å²) < 4.78 is 0. The Hall–Kier alpha value is -4.98. The fourth-order valence-electron chi connectivity index (χ4n) is 4.23. The Morgan fingerprint density at radius 2 is 1.34 bits per heavy atom. The molecule has 0 fully saturated rings. The lowest BCUT2D eigenvalue weighted by atomic mass is 10.0. The zero-order valence-corrected chi connectivity index (χ0v) is 24.6. The molecular formula is C30H40N6O8. The summed E-state index contributed by atoms with van der Waals surface area (Å²) in [4.78, 5) is 74.8. The lowest BCUT2D eigenvalue weighted by molar-refractivity contribution is -0.141. The summed E-state index contributed by atoms with van der Waals surface area (Å²) >= 11 is 0. The van der Waals surface area contributed by atoms with E-state index in [1.54, 1.807) is 42.5 Å². The average Bonchev–Trinajstić information content (AvgIpc) is 2.95. The number of hydrogen-bond donors (Lipinski definition) is 8. The number of phenols is 1. The number of carboxylic acid groups (broad SMARTS) is 1. The van der Waals surface area contributed by atoms with Gasteiger partial charge in [0.25, 0.3) is 0 Å². The number of amides is 5. The van der Waals surface area contributed by atoms with Crippen LogP contribution in [0.1, 0.15) is 37.8 Å². The third kappa shape index (κ3) is 12.5. The highest BCUT2D eigenvalue weighted by Crippen LogP contribution is 2.11. The molecular weight excluding hydrogens is 572 g/mol. The third-order valence-electron chi connectivity index (χ3n) is 6.47. The predicted molar refractivity (Wildman–Crippen MR) is 160 cm³/mol. The zero-order chi connectivity index (χ0) is 32.8. The van der Waals surface area contributed by atoms with Gasteiger partial charge in [-0.05, 0) is 42.0 Å². The molecule has 0 aromatic heterocycles. The van der Waals surface area contributed by atoms with Gasteiger partial charge in [0.2, 0.25) is 29.5 Å². The van der Waals surface area contributed by atoms with Crippen LogP contribution in [0.2, 0.25) is 0 Å². The van der Waals surface area contributed by atoms with Crippen molar-refractivity contribution in [3.05, 3.63) is 65.7 Å². The molecule has 5 amide bonds. The largest absolute Gasteiger partial charge is 0.508 e. The molecule has 0 aliphatic carbocycles. The molecule has 4 atom stereocenters. The molecule has 44 heavy (non-hydrogen) atoms. The molecule has 0 saturated heterocycles. The van der Waals surface area contributed by atoms with Crippen molar-refractivity contribution in [2.24, 2.45) is 17.4 Å². The Kier molecular flexibility index (Phi) is 13.8. The van der Waals surface area contributed by atoms with Crippen LogP contribution in [0.5, 0.6) is 5.75 Å². The second kappa shape index (κ2) is 17.2. The Morgan fingerprint density at radius 3 is 1.91 bits per heavy atom. The van der Waals surface area contributed by atoms with Crippen molar-refractivity contribution in [1.82, 2.24) is 21.3 Å². The molecule has 2 rings (SSSR count). The van der Waals surface area contributed by atoms with Gasteiger partial charge in [0.05, 0.1) is 19.0 Å². The van der Waals surface area contributed by atoms with Crippen molar-refractivity contribution in [2.75, 3.05) is 6.54 Å². The van der Waals surface area contributed by atoms with Crippen molar-refractivity contribution in [2.45, 2.75) is 63.7 Å². The van der Waals surface area contributed by atoms with Gasteiger partial charge in [-0.15, -0.1) is 0 Å². The van der Waals surface area contributed by atoms with Gasteiger partial charge in [-0.25, -0.2) is 0 Å². The highest BCUT2D eigenvalue weighted by atomic mass is 16.4. The minimum Gasteiger partial charge on any atom is -0.508 e. The van der Waals surface area contributed by atoms with E-state index in [2.05, 4.69) is 21.3 Å². The van der Waals surface area contributed by atoms with E-state index in [-0.39, 0.29) is 24.5 Å². The van der Waals surface area contributed by atoms with Gasteiger partial charge in [0, 0.05) is 6.42 Å². The van der Waals surface area contributed by atoms with Gasteiger partial charge in [-0.2, -0.15) is 0 Å². The molecule has 2 aromatic carbocycles. The van der Waals surface area contributed by atoms with Crippen LogP contribution in [0, 0.1) is 5.92 Å². The zero-order valence-electron chi connectivity index (χ0n) is 24.6. The monoisotopic (exact) mass is 612 g/mol. The van der Waals surface area contributed by atoms with Crippen LogP contribution in [0.25, 0.3) is 0 Å². The van der Waals surface area contributed by atoms with Crippen LogP contribution in [-0.2, 0) is 41.6 Å². The number of carbonyl (C=O) groups is 6. The number of benzene rings is 2. The van der Waals surface area contributed by atoms with Crippen LogP contribution in [0.15, 0.2) is 54.6 Å². The molecule has 238 valence electrons. The van der Waals surface area contributed by atoms with E-state index in [1.165, 1.54) is 12.1 Å². The number of hydrogen-bond acceptors (Lipinski definition) is 8. The first-order valence-electron chi connectivity index (χ1n) is 14.0. The summed E-state index contributed by atoms with van der Waals surface area (Å²) in [5.74, 6) is -5.21. The number of nitrogens with one attached hydrogen (secondary N) is 4. The average molecular weight is 613 g/mol. The molecule has 14 nitrogen and oxygen atoms in total. The summed E-state index contributed by atoms with van der Waals surface area (Å²) in [6.07, 6.45) is -0.471. The maximum Gasteiger partial charge on any atom is 0.305 e. The molecule has 0 unspecified atom stereocenters. The second-order valence-electron chi connectivity index (χ2n) is 10.8. The second-order valence-corrected chi connectivity index (χ2v) is 10.8. The van der Waals surface area contributed by atoms with E-state index < -0.39 is 72.6 Å². The maximum absolute atomic E-state index is 13.2. The van der Waals surface area contributed by atoms with Crippen molar-refractivity contribution in [1.29, 1.82) is 0 Å². The van der Waals surface area contributed by atoms with Crippen molar-refractivity contribution < 1.29 is 39.0 Å². The molecule has 0 aliphatic heterocycles. The summed E-state index contributed by atoms with van der Waals surface area (Å²) in [6, 6.07) is 9.68. The fraction of sp³-hybridized carbons (Fsp3) is 0.400. The van der Waals surface area contributed by atoms with Crippen LogP contribution in [-0.4, -0.2) is 76.4 Å². The van der Waals surface area contributed by atoms with E-state index in [1.807, 2.05) is 13.8 Å². The normalized spacial score (nSPS) is 13.5. The van der Waals surface area contributed by atoms with Crippen LogP contribution < -0.4 is 32.7 Å². The number of aromatic hydroxyl groups is 1. The van der Waals surface area contributed by atoms with Crippen molar-refractivity contribution in [3.63, 3.8) is 0 Å². The van der Waals surface area contributed by atoms with Crippen LogP contribution in [0.3, 0.4) is 0 Å². The Morgan fingerprint density at radius 1 is 0.750 bits per heavy atom. The SMILES string of the molecule is CC(C)C[C@H](NC(=O)CNC(=O)[C@H](Cc1ccccc1)NC(=O)[C@H](CC(=O)O)NC(=O)[C@@H](N)Cc1ccc(O)cc1)C(N)=O. The fourth-order valence-corrected chi connectivity index (χ4v) is 4.23. The number of carboxylic acids is 1. The summed E-state index contributed by atoms with van der Waals surface area (Å²) in [6.45, 7) is 3.18. The molecule has 10 N–H and O–H groups in total. The topological polar surface area (TPSA) is 243 Å². The molecule has 0 aliphatic rings. The van der Waals surface area contributed by atoms with Crippen LogP contribution >= 0.6 is 0 Å². The number of primary amides is 1. The van der Waals surface area contributed by atoms with Gasteiger partial charge < -0.3 is 42.9 Å². The third-order valence-corrected chi connectivity index (χ3v) is 6.47. The van der Waals surface area contributed by atoms with E-state index >= 15 is 0 Å². The van der Waals surface area contributed by atoms with Gasteiger partial charge in [-0.1, -0.05) is 56.3 Å². The molecule has 2 aromatic rings. The number of aliphatic carboxylic acids is 1. The Balaban J connectivity index is 2.13. The highest BCUT2D eigenvalue weighted by Gasteiger charge is 2.30. The van der Waals surface area contributed by atoms with E-state index in [4.69, 9.17) is 11.5 Å². The van der Waals surface area contributed by atoms with Gasteiger partial charge in [-0.3, -0.25) is 28.8 Å². The lowest BCUT2D eigenvalue weighted by Crippen LogP contribution is -2.57. The van der Waals surface area contributed by atoms with Gasteiger partial charge in [0.1, 0.15) is 23.9 Å². The predicted octanol–water partition coefficient (Wildman–Crippen LogP) is -0.919. The van der Waals surface area contributed by atoms with Crippen LogP contribution in [0.4, 0.5) is 0 Å². The molecule has 0 spiro atoms. The van der Waals surface area contributed by atoms with Crippen molar-refractivity contribution in [3.8, 4) is 5.75 Å². The standard InChI is InChI=1S/C30H40N6O8/c1-17(2)12-22(27(32)41)34-25(38)16-33-29(43)23(14-18-6-4-3-5-7-18)36-30(44)24(15-26(39)40)35-28(42)21(31)13-19-8-10-20(37)11-9-19/h3-11,17,21-24,37H,12-16,31H2,1-2H3,(H2,32,41)(H,33,43)(H,34,38)(H,35,42)(H,36,44)(H,39,40)/t21-,22-,23-,24-/m0/s1. The minimum atomic E-state index is -1.58. The van der Waals surface area contributed by atoms with Crippen molar-refractivity contribution >= 4 is 35.5 Å². The molecule has 0 saturated carbocycles. The Bertz CT molecular complexity index is 1300. The highest BCUT2D eigenvalue weighted by molar-refractivity contribution is 5.96. The molecule has 0 radical (unpaired) electrons. The first-order valence-corrected chi connectivity index (χ1v) is 14.0. The number of nitrogens with two attached hydrogens (primary N) is 2. The number of rotatable bonds is 17. The summed E-state index contributed by atoms with van der Waals surface area (Å²) in [5.41, 5.74) is 12.6. The van der Waals surface area contributed by atoms with Gasteiger partial charge in [0.15, 0.2) is 0 Å². The first-order chi connectivity index (χ1) is 20.7. The molecule has 0 bridgehead atoms. The summed E-state index contributed by atoms with van der Waals surface area (Å²) in [7, 11) is 0. The lowest BCUT2D eigenvalue weighted by Gasteiger charge is -2.24. The summed E-state index contributed by atoms with van der Waals surface area (Å²) in [5, 5.41) is 28.5. The van der Waals surface area contributed by atoms with E-state index in [9.17, 15) is 39.0 Å². The smallest absolute Gasteiger partial charge is 0.305 e. The van der Waals surface area contributed by atoms with E-state index in [0.717, 1.165) is 0 Å². The van der Waals surface area contributed by atoms with Gasteiger partial charge >= 0.3 is 5.97 Å². The molecule has 0 heterocycles. The minimum absolute atomic E-state index is 0.0224. The molecule has 14 heteroatoms. The quantitative estimate of drug-likeness (QED) is 0.110. The van der Waals surface area contributed by atoms with E-state index in [0.29, 0.717) is 17.5 Å². The number of phenolic OH excluding ortho intramolecular Hbond substituents is 1.